The van der Waals surface area contributed by atoms with Crippen molar-refractivity contribution < 1.29 is 9.59 Å². The van der Waals surface area contributed by atoms with Gasteiger partial charge in [-0.05, 0) is 57.4 Å². The maximum Gasteiger partial charge on any atom is 0.224 e. The van der Waals surface area contributed by atoms with Crippen LogP contribution in [0.1, 0.15) is 50.3 Å². The van der Waals surface area contributed by atoms with Crippen LogP contribution in [-0.2, 0) is 22.6 Å². The summed E-state index contributed by atoms with van der Waals surface area (Å²) in [6, 6.07) is 16.4. The fraction of sp³-hybridized carbons (Fsp3) is 0.500. The number of benzene rings is 1. The normalized spacial score (nSPS) is 25.3. The van der Waals surface area contributed by atoms with Crippen molar-refractivity contribution in [2.45, 2.75) is 69.6 Å². The first-order valence-electron chi connectivity index (χ1n) is 11.7. The van der Waals surface area contributed by atoms with E-state index in [2.05, 4.69) is 39.2 Å². The molecule has 2 amide bonds. The second kappa shape index (κ2) is 9.82. The summed E-state index contributed by atoms with van der Waals surface area (Å²) in [6.45, 7) is 3.53. The first kappa shape index (κ1) is 22.5. The van der Waals surface area contributed by atoms with Crippen molar-refractivity contribution in [3.05, 3.63) is 66.0 Å². The van der Waals surface area contributed by atoms with Gasteiger partial charge in [-0.15, -0.1) is 0 Å². The highest BCUT2D eigenvalue weighted by Crippen LogP contribution is 2.39. The standard InChI is InChI=1S/C26H34N4O2/c1-26-18-22(17-20-9-4-3-5-10-20)30(23(26)12-8-13-24(31)28-26)25(32)14-16-29(2)19-21-11-6-7-15-27-21/h3-7,9-11,15,22-23H,8,12-14,16-19H2,1-2H3,(H,28,31)/t22-,23+,26+/m1/s1. The zero-order valence-electron chi connectivity index (χ0n) is 19.2. The minimum atomic E-state index is -0.359. The number of amides is 2. The van der Waals surface area contributed by atoms with E-state index in [1.807, 2.05) is 43.4 Å². The van der Waals surface area contributed by atoms with Crippen LogP contribution in [0.15, 0.2) is 54.7 Å². The maximum atomic E-state index is 13.6. The molecule has 0 aliphatic carbocycles. The lowest BCUT2D eigenvalue weighted by Crippen LogP contribution is -2.54. The number of pyridine rings is 1. The van der Waals surface area contributed by atoms with Gasteiger partial charge >= 0.3 is 0 Å². The molecule has 0 saturated carbocycles. The SMILES string of the molecule is CN(CCC(=O)N1[C@H](Cc2ccccc2)C[C@]2(C)NC(=O)CCC[C@H]12)Cc1ccccn1. The lowest BCUT2D eigenvalue weighted by atomic mass is 9.88. The number of fused-ring (bicyclic) bond motifs is 1. The van der Waals surface area contributed by atoms with Crippen molar-refractivity contribution in [1.29, 1.82) is 0 Å². The third kappa shape index (κ3) is 5.18. The first-order valence-corrected chi connectivity index (χ1v) is 11.7. The molecule has 1 aromatic carbocycles. The third-order valence-electron chi connectivity index (χ3n) is 6.90. The molecule has 2 aromatic rings. The molecular weight excluding hydrogens is 400 g/mol. The number of hydrogen-bond donors (Lipinski definition) is 1. The van der Waals surface area contributed by atoms with Crippen LogP contribution in [0.3, 0.4) is 0 Å². The van der Waals surface area contributed by atoms with Gasteiger partial charge in [0.05, 0.1) is 17.3 Å². The van der Waals surface area contributed by atoms with Crippen LogP contribution < -0.4 is 5.32 Å². The van der Waals surface area contributed by atoms with Crippen LogP contribution >= 0.6 is 0 Å². The van der Waals surface area contributed by atoms with Gasteiger partial charge in [-0.2, -0.15) is 0 Å². The summed E-state index contributed by atoms with van der Waals surface area (Å²) >= 11 is 0. The highest BCUT2D eigenvalue weighted by Gasteiger charge is 2.52. The van der Waals surface area contributed by atoms with E-state index in [9.17, 15) is 9.59 Å². The number of hydrogen-bond acceptors (Lipinski definition) is 4. The highest BCUT2D eigenvalue weighted by molar-refractivity contribution is 5.80. The van der Waals surface area contributed by atoms with Gasteiger partial charge < -0.3 is 15.1 Å². The largest absolute Gasteiger partial charge is 0.349 e. The molecule has 2 fully saturated rings. The van der Waals surface area contributed by atoms with Gasteiger partial charge in [0.1, 0.15) is 0 Å². The molecule has 0 radical (unpaired) electrons. The number of carbonyl (C=O) groups excluding carboxylic acids is 2. The lowest BCUT2D eigenvalue weighted by molar-refractivity contribution is -0.135. The molecular formula is C26H34N4O2. The third-order valence-corrected chi connectivity index (χ3v) is 6.90. The highest BCUT2D eigenvalue weighted by atomic mass is 16.2. The molecule has 32 heavy (non-hydrogen) atoms. The van der Waals surface area contributed by atoms with E-state index < -0.39 is 0 Å². The van der Waals surface area contributed by atoms with Crippen LogP contribution in [-0.4, -0.2) is 57.8 Å². The van der Waals surface area contributed by atoms with Crippen molar-refractivity contribution in [3.63, 3.8) is 0 Å². The summed E-state index contributed by atoms with van der Waals surface area (Å²) < 4.78 is 0. The van der Waals surface area contributed by atoms with E-state index in [4.69, 9.17) is 0 Å². The van der Waals surface area contributed by atoms with Crippen molar-refractivity contribution in [3.8, 4) is 0 Å². The fourth-order valence-electron chi connectivity index (χ4n) is 5.41. The molecule has 1 aromatic heterocycles. The van der Waals surface area contributed by atoms with Crippen LogP contribution in [0.2, 0.25) is 0 Å². The Balaban J connectivity index is 1.47. The summed E-state index contributed by atoms with van der Waals surface area (Å²) in [5.74, 6) is 0.293. The second-order valence-corrected chi connectivity index (χ2v) is 9.53. The maximum absolute atomic E-state index is 13.6. The quantitative estimate of drug-likeness (QED) is 0.727. The number of rotatable bonds is 7. The Kier molecular flexibility index (Phi) is 6.89. The molecule has 6 heteroatoms. The summed E-state index contributed by atoms with van der Waals surface area (Å²) in [6.07, 6.45) is 6.13. The molecule has 0 unspecified atom stereocenters. The average Bonchev–Trinajstić information content (AvgIpc) is 2.94. The molecule has 4 rings (SSSR count). The Bertz CT molecular complexity index is 920. The minimum absolute atomic E-state index is 0.0521. The van der Waals surface area contributed by atoms with Gasteiger partial charge in [-0.3, -0.25) is 14.6 Å². The molecule has 1 N–H and O–H groups in total. The Morgan fingerprint density at radius 1 is 1.22 bits per heavy atom. The summed E-state index contributed by atoms with van der Waals surface area (Å²) in [5.41, 5.74) is 1.88. The van der Waals surface area contributed by atoms with Crippen LogP contribution in [0, 0.1) is 0 Å². The molecule has 170 valence electrons. The van der Waals surface area contributed by atoms with Crippen molar-refractivity contribution in [2.75, 3.05) is 13.6 Å². The molecule has 2 saturated heterocycles. The zero-order chi connectivity index (χ0) is 22.6. The summed E-state index contributed by atoms with van der Waals surface area (Å²) in [5, 5.41) is 3.26. The van der Waals surface area contributed by atoms with E-state index >= 15 is 0 Å². The number of likely N-dealkylation sites (tertiary alicyclic amines) is 1. The van der Waals surface area contributed by atoms with Gasteiger partial charge in [0.15, 0.2) is 0 Å². The van der Waals surface area contributed by atoms with Gasteiger partial charge in [0.25, 0.3) is 0 Å². The van der Waals surface area contributed by atoms with Crippen molar-refractivity contribution >= 4 is 11.8 Å². The van der Waals surface area contributed by atoms with Crippen LogP contribution in [0.5, 0.6) is 0 Å². The smallest absolute Gasteiger partial charge is 0.224 e. The molecule has 3 heterocycles. The van der Waals surface area contributed by atoms with E-state index in [1.54, 1.807) is 6.20 Å². The number of aromatic nitrogens is 1. The summed E-state index contributed by atoms with van der Waals surface area (Å²) in [4.78, 5) is 34.6. The Hall–Kier alpha value is -2.73. The summed E-state index contributed by atoms with van der Waals surface area (Å²) in [7, 11) is 2.03. The van der Waals surface area contributed by atoms with E-state index in [0.29, 0.717) is 19.4 Å². The van der Waals surface area contributed by atoms with Crippen LogP contribution in [0.25, 0.3) is 0 Å². The van der Waals surface area contributed by atoms with Crippen molar-refractivity contribution in [2.24, 2.45) is 0 Å². The molecule has 2 aliphatic heterocycles. The first-order chi connectivity index (χ1) is 15.4. The number of carbonyl (C=O) groups is 2. The predicted octanol–water partition coefficient (Wildman–Crippen LogP) is 3.17. The zero-order valence-corrected chi connectivity index (χ0v) is 19.2. The second-order valence-electron chi connectivity index (χ2n) is 9.53. The Morgan fingerprint density at radius 3 is 2.75 bits per heavy atom. The van der Waals surface area contributed by atoms with E-state index in [1.165, 1.54) is 5.56 Å². The number of nitrogens with zero attached hydrogens (tertiary/aromatic N) is 3. The van der Waals surface area contributed by atoms with Crippen molar-refractivity contribution in [1.82, 2.24) is 20.1 Å². The van der Waals surface area contributed by atoms with Gasteiger partial charge in [-0.1, -0.05) is 36.4 Å². The predicted molar refractivity (Wildman–Crippen MR) is 125 cm³/mol. The van der Waals surface area contributed by atoms with E-state index in [0.717, 1.165) is 37.9 Å². The lowest BCUT2D eigenvalue weighted by Gasteiger charge is -2.35. The van der Waals surface area contributed by atoms with Gasteiger partial charge in [0.2, 0.25) is 11.8 Å². The molecule has 0 bridgehead atoms. The minimum Gasteiger partial charge on any atom is -0.349 e. The molecule has 3 atom stereocenters. The molecule has 2 aliphatic rings. The Labute approximate surface area is 191 Å². The van der Waals surface area contributed by atoms with Gasteiger partial charge in [-0.25, -0.2) is 0 Å². The fourth-order valence-corrected chi connectivity index (χ4v) is 5.41. The van der Waals surface area contributed by atoms with Crippen LogP contribution in [0.4, 0.5) is 0 Å². The topological polar surface area (TPSA) is 65.5 Å². The van der Waals surface area contributed by atoms with Gasteiger partial charge in [0, 0.05) is 38.2 Å². The molecule has 0 spiro atoms. The monoisotopic (exact) mass is 434 g/mol. The van der Waals surface area contributed by atoms with E-state index in [-0.39, 0.29) is 29.4 Å². The molecule has 6 nitrogen and oxygen atoms in total. The number of nitrogens with one attached hydrogen (secondary N) is 1. The Morgan fingerprint density at radius 2 is 2.00 bits per heavy atom. The average molecular weight is 435 g/mol.